The topological polar surface area (TPSA) is 12.0 Å². The number of halogens is 2. The molecule has 0 aliphatic rings. The number of hydrogen-bond acceptors (Lipinski definition) is 2. The number of unbranched alkanes of at least 4 members (excludes halogenated alkanes) is 1. The van der Waals surface area contributed by atoms with E-state index in [1.54, 1.807) is 6.07 Å². The van der Waals surface area contributed by atoms with Crippen LogP contribution in [0.5, 0.6) is 0 Å². The Hall–Kier alpha value is -0.220. The second-order valence-corrected chi connectivity index (χ2v) is 5.15. The summed E-state index contributed by atoms with van der Waals surface area (Å²) in [6, 6.07) is 5.07. The minimum atomic E-state index is -0.200. The van der Waals surface area contributed by atoms with E-state index in [1.807, 2.05) is 17.8 Å². The van der Waals surface area contributed by atoms with Gasteiger partial charge in [0.1, 0.15) is 5.82 Å². The molecule has 1 nitrogen and oxygen atoms in total. The molecule has 0 fully saturated rings. The normalized spacial score (nSPS) is 10.3. The Kier molecular flexibility index (Phi) is 6.10. The first-order chi connectivity index (χ1) is 7.24. The highest BCUT2D eigenvalue weighted by Gasteiger charge is 2.00. The molecule has 0 aliphatic carbocycles. The van der Waals surface area contributed by atoms with Crippen LogP contribution in [-0.2, 0) is 0 Å². The average molecular weight is 292 g/mol. The van der Waals surface area contributed by atoms with Crippen molar-refractivity contribution in [1.29, 1.82) is 0 Å². The Balaban J connectivity index is 2.31. The lowest BCUT2D eigenvalue weighted by molar-refractivity contribution is 0.628. The van der Waals surface area contributed by atoms with E-state index >= 15 is 0 Å². The molecule has 4 heteroatoms. The van der Waals surface area contributed by atoms with Crippen LogP contribution in [0.15, 0.2) is 22.7 Å². The molecule has 1 aromatic rings. The van der Waals surface area contributed by atoms with Crippen molar-refractivity contribution in [3.63, 3.8) is 0 Å². The summed E-state index contributed by atoms with van der Waals surface area (Å²) in [6.07, 6.45) is 4.35. The Labute approximate surface area is 103 Å². The summed E-state index contributed by atoms with van der Waals surface area (Å²) in [6.45, 7) is 0.832. The van der Waals surface area contributed by atoms with Crippen LogP contribution in [0.25, 0.3) is 0 Å². The molecule has 1 aromatic carbocycles. The summed E-state index contributed by atoms with van der Waals surface area (Å²) in [5, 5.41) is 3.09. The molecule has 0 unspecified atom stereocenters. The van der Waals surface area contributed by atoms with Crippen LogP contribution in [0, 0.1) is 5.82 Å². The zero-order valence-corrected chi connectivity index (χ0v) is 11.1. The molecule has 0 aromatic heterocycles. The number of anilines is 1. The molecule has 0 atom stereocenters. The zero-order chi connectivity index (χ0) is 11.1. The van der Waals surface area contributed by atoms with E-state index in [9.17, 15) is 4.39 Å². The van der Waals surface area contributed by atoms with E-state index in [2.05, 4.69) is 27.5 Å². The minimum Gasteiger partial charge on any atom is -0.383 e. The fraction of sp³-hybridized carbons (Fsp3) is 0.455. The quantitative estimate of drug-likeness (QED) is 0.791. The van der Waals surface area contributed by atoms with Gasteiger partial charge in [0.05, 0.1) is 5.69 Å². The predicted molar refractivity (Wildman–Crippen MR) is 70.2 cm³/mol. The second-order valence-electron chi connectivity index (χ2n) is 3.25. The van der Waals surface area contributed by atoms with Gasteiger partial charge in [-0.2, -0.15) is 11.8 Å². The standard InChI is InChI=1S/C11H15BrFNS/c1-15-7-3-2-6-14-11-5-4-9(12)8-10(11)13/h4-5,8,14H,2-3,6-7H2,1H3. The van der Waals surface area contributed by atoms with Gasteiger partial charge >= 0.3 is 0 Å². The van der Waals surface area contributed by atoms with Crippen LogP contribution >= 0.6 is 27.7 Å². The SMILES string of the molecule is CSCCCCNc1ccc(Br)cc1F. The van der Waals surface area contributed by atoms with Crippen molar-refractivity contribution in [3.8, 4) is 0 Å². The van der Waals surface area contributed by atoms with Crippen LogP contribution in [0.3, 0.4) is 0 Å². The van der Waals surface area contributed by atoms with Gasteiger partial charge in [-0.3, -0.25) is 0 Å². The molecule has 0 saturated heterocycles. The van der Waals surface area contributed by atoms with Crippen molar-refractivity contribution in [3.05, 3.63) is 28.5 Å². The van der Waals surface area contributed by atoms with Crippen molar-refractivity contribution in [1.82, 2.24) is 0 Å². The molecule has 0 bridgehead atoms. The van der Waals surface area contributed by atoms with E-state index in [0.29, 0.717) is 5.69 Å². The van der Waals surface area contributed by atoms with Crippen molar-refractivity contribution >= 4 is 33.4 Å². The second kappa shape index (κ2) is 7.12. The third kappa shape index (κ3) is 4.89. The summed E-state index contributed by atoms with van der Waals surface area (Å²) in [5.41, 5.74) is 0.586. The molecular formula is C11H15BrFNS. The maximum atomic E-state index is 13.3. The fourth-order valence-corrected chi connectivity index (χ4v) is 2.05. The van der Waals surface area contributed by atoms with Crippen molar-refractivity contribution in [2.45, 2.75) is 12.8 Å². The maximum absolute atomic E-state index is 13.3. The van der Waals surface area contributed by atoms with Gasteiger partial charge in [-0.1, -0.05) is 15.9 Å². The molecule has 0 heterocycles. The first kappa shape index (κ1) is 12.8. The molecule has 0 aliphatic heterocycles. The van der Waals surface area contributed by atoms with E-state index in [-0.39, 0.29) is 5.82 Å². The van der Waals surface area contributed by atoms with Crippen LogP contribution in [0.1, 0.15) is 12.8 Å². The molecule has 0 radical (unpaired) electrons. The lowest BCUT2D eigenvalue weighted by Gasteiger charge is -2.07. The van der Waals surface area contributed by atoms with Gasteiger partial charge in [-0.25, -0.2) is 4.39 Å². The van der Waals surface area contributed by atoms with Crippen LogP contribution in [0.2, 0.25) is 0 Å². The van der Waals surface area contributed by atoms with Crippen LogP contribution in [-0.4, -0.2) is 18.6 Å². The molecule has 1 rings (SSSR count). The third-order valence-corrected chi connectivity index (χ3v) is 3.21. The van der Waals surface area contributed by atoms with Gasteiger partial charge in [-0.15, -0.1) is 0 Å². The van der Waals surface area contributed by atoms with E-state index in [4.69, 9.17) is 0 Å². The molecule has 0 saturated carbocycles. The van der Waals surface area contributed by atoms with E-state index in [1.165, 1.54) is 18.2 Å². The number of hydrogen-bond donors (Lipinski definition) is 1. The van der Waals surface area contributed by atoms with Gasteiger partial charge < -0.3 is 5.32 Å². The molecule has 0 amide bonds. The predicted octanol–water partition coefficient (Wildman–Crippen LogP) is 4.14. The van der Waals surface area contributed by atoms with Crippen molar-refractivity contribution in [2.75, 3.05) is 23.9 Å². The first-order valence-electron chi connectivity index (χ1n) is 4.92. The summed E-state index contributed by atoms with van der Waals surface area (Å²) in [5.74, 6) is 0.971. The fourth-order valence-electron chi connectivity index (χ4n) is 1.23. The summed E-state index contributed by atoms with van der Waals surface area (Å²) < 4.78 is 14.1. The zero-order valence-electron chi connectivity index (χ0n) is 8.72. The van der Waals surface area contributed by atoms with Crippen molar-refractivity contribution < 1.29 is 4.39 Å². The van der Waals surface area contributed by atoms with Gasteiger partial charge in [0.25, 0.3) is 0 Å². The largest absolute Gasteiger partial charge is 0.383 e. The Bertz CT molecular complexity index is 307. The average Bonchev–Trinajstić information content (AvgIpc) is 2.20. The molecule has 15 heavy (non-hydrogen) atoms. The maximum Gasteiger partial charge on any atom is 0.147 e. The van der Waals surface area contributed by atoms with Gasteiger partial charge in [0.2, 0.25) is 0 Å². The highest BCUT2D eigenvalue weighted by Crippen LogP contribution is 2.19. The Morgan fingerprint density at radius 1 is 1.40 bits per heavy atom. The summed E-state index contributed by atoms with van der Waals surface area (Å²) in [7, 11) is 0. The number of thioether (sulfide) groups is 1. The number of nitrogens with one attached hydrogen (secondary N) is 1. The molecule has 1 N–H and O–H groups in total. The minimum absolute atomic E-state index is 0.200. The number of benzene rings is 1. The highest BCUT2D eigenvalue weighted by molar-refractivity contribution is 9.10. The lowest BCUT2D eigenvalue weighted by Crippen LogP contribution is -2.03. The smallest absolute Gasteiger partial charge is 0.147 e. The van der Waals surface area contributed by atoms with Gasteiger partial charge in [0.15, 0.2) is 0 Å². The third-order valence-electron chi connectivity index (χ3n) is 2.02. The van der Waals surface area contributed by atoms with Crippen LogP contribution < -0.4 is 5.32 Å². The van der Waals surface area contributed by atoms with Gasteiger partial charge in [-0.05, 0) is 43.0 Å². The Morgan fingerprint density at radius 3 is 2.87 bits per heavy atom. The van der Waals surface area contributed by atoms with E-state index in [0.717, 1.165) is 17.4 Å². The lowest BCUT2D eigenvalue weighted by atomic mass is 10.3. The van der Waals surface area contributed by atoms with Crippen LogP contribution in [0.4, 0.5) is 10.1 Å². The monoisotopic (exact) mass is 291 g/mol. The summed E-state index contributed by atoms with van der Waals surface area (Å²) in [4.78, 5) is 0. The molecule has 84 valence electrons. The van der Waals surface area contributed by atoms with E-state index < -0.39 is 0 Å². The Morgan fingerprint density at radius 2 is 2.20 bits per heavy atom. The van der Waals surface area contributed by atoms with Crippen molar-refractivity contribution in [2.24, 2.45) is 0 Å². The molecular weight excluding hydrogens is 277 g/mol. The molecule has 0 spiro atoms. The summed E-state index contributed by atoms with van der Waals surface area (Å²) >= 11 is 5.07. The van der Waals surface area contributed by atoms with Gasteiger partial charge in [0, 0.05) is 11.0 Å². The first-order valence-corrected chi connectivity index (χ1v) is 7.10. The highest BCUT2D eigenvalue weighted by atomic mass is 79.9. The number of rotatable bonds is 6.